The molecule has 1 aromatic rings. The molecule has 74 valence electrons. The minimum absolute atomic E-state index is 0.506. The Hall–Kier alpha value is -1.37. The summed E-state index contributed by atoms with van der Waals surface area (Å²) in [6.07, 6.45) is 3.45. The number of rotatable bonds is 3. The minimum atomic E-state index is 0.506. The van der Waals surface area contributed by atoms with Gasteiger partial charge in [-0.15, -0.1) is 0 Å². The first kappa shape index (κ1) is 10.7. The van der Waals surface area contributed by atoms with Crippen LogP contribution in [0.5, 0.6) is 0 Å². The topological polar surface area (TPSA) is 12.4 Å². The first-order chi connectivity index (χ1) is 6.66. The van der Waals surface area contributed by atoms with Crippen LogP contribution in [0.1, 0.15) is 30.9 Å². The Kier molecular flexibility index (Phi) is 3.63. The summed E-state index contributed by atoms with van der Waals surface area (Å²) in [7, 11) is 0. The molecule has 1 aromatic carbocycles. The second kappa shape index (κ2) is 4.75. The van der Waals surface area contributed by atoms with Crippen LogP contribution in [0.25, 0.3) is 0 Å². The van der Waals surface area contributed by atoms with Gasteiger partial charge in [-0.3, -0.25) is 4.99 Å². The van der Waals surface area contributed by atoms with Crippen LogP contribution >= 0.6 is 0 Å². The van der Waals surface area contributed by atoms with Gasteiger partial charge in [0.05, 0.1) is 5.69 Å². The molecule has 0 N–H and O–H groups in total. The lowest BCUT2D eigenvalue weighted by molar-refractivity contribution is 0.865. The minimum Gasteiger partial charge on any atom is -0.256 e. The largest absolute Gasteiger partial charge is 0.256 e. The van der Waals surface area contributed by atoms with Crippen molar-refractivity contribution >= 4 is 11.9 Å². The van der Waals surface area contributed by atoms with Gasteiger partial charge in [0.1, 0.15) is 0 Å². The highest BCUT2D eigenvalue weighted by Crippen LogP contribution is 2.29. The summed E-state index contributed by atoms with van der Waals surface area (Å²) in [5, 5.41) is 0. The SMILES string of the molecule is C=CC=Nc1c(C)cccc1C(C)C. The van der Waals surface area contributed by atoms with Crippen LogP contribution in [0.2, 0.25) is 0 Å². The quantitative estimate of drug-likeness (QED) is 0.634. The molecule has 0 saturated heterocycles. The monoisotopic (exact) mass is 187 g/mol. The molecule has 0 aromatic heterocycles. The number of para-hydroxylation sites is 1. The molecule has 0 heterocycles. The van der Waals surface area contributed by atoms with Gasteiger partial charge in [-0.25, -0.2) is 0 Å². The molecule has 1 nitrogen and oxygen atoms in total. The van der Waals surface area contributed by atoms with Crippen LogP contribution in [0.4, 0.5) is 5.69 Å². The van der Waals surface area contributed by atoms with E-state index >= 15 is 0 Å². The van der Waals surface area contributed by atoms with Crippen LogP contribution in [0, 0.1) is 6.92 Å². The van der Waals surface area contributed by atoms with Gasteiger partial charge in [0, 0.05) is 6.21 Å². The van der Waals surface area contributed by atoms with Crippen molar-refractivity contribution in [3.63, 3.8) is 0 Å². The second-order valence-electron chi connectivity index (χ2n) is 3.68. The fourth-order valence-corrected chi connectivity index (χ4v) is 1.45. The van der Waals surface area contributed by atoms with Gasteiger partial charge in [0.15, 0.2) is 0 Å². The van der Waals surface area contributed by atoms with Crippen molar-refractivity contribution in [3.05, 3.63) is 42.0 Å². The number of aliphatic imine (C=N–C) groups is 1. The summed E-state index contributed by atoms with van der Waals surface area (Å²) in [6.45, 7) is 10.1. The van der Waals surface area contributed by atoms with Crippen LogP contribution in [-0.2, 0) is 0 Å². The molecular formula is C13H17N. The zero-order valence-corrected chi connectivity index (χ0v) is 9.12. The molecule has 0 spiro atoms. The summed E-state index contributed by atoms with van der Waals surface area (Å²) in [6, 6.07) is 6.30. The third-order valence-electron chi connectivity index (χ3n) is 2.20. The first-order valence-electron chi connectivity index (χ1n) is 4.91. The molecule has 0 bridgehead atoms. The molecule has 0 aliphatic heterocycles. The summed E-state index contributed by atoms with van der Waals surface area (Å²) >= 11 is 0. The van der Waals surface area contributed by atoms with Gasteiger partial charge in [0.25, 0.3) is 0 Å². The Morgan fingerprint density at radius 3 is 2.64 bits per heavy atom. The third-order valence-corrected chi connectivity index (χ3v) is 2.20. The highest BCUT2D eigenvalue weighted by atomic mass is 14.7. The molecule has 0 amide bonds. The molecule has 0 saturated carbocycles. The number of aryl methyl sites for hydroxylation is 1. The Morgan fingerprint density at radius 2 is 2.07 bits per heavy atom. The van der Waals surface area contributed by atoms with E-state index in [4.69, 9.17) is 0 Å². The van der Waals surface area contributed by atoms with E-state index in [1.807, 2.05) is 0 Å². The van der Waals surface area contributed by atoms with E-state index in [9.17, 15) is 0 Å². The summed E-state index contributed by atoms with van der Waals surface area (Å²) in [5.41, 5.74) is 3.60. The van der Waals surface area contributed by atoms with Crippen LogP contribution in [0.15, 0.2) is 35.8 Å². The second-order valence-corrected chi connectivity index (χ2v) is 3.68. The average Bonchev–Trinajstić information content (AvgIpc) is 2.15. The summed E-state index contributed by atoms with van der Waals surface area (Å²) in [4.78, 5) is 4.40. The number of nitrogens with zero attached hydrogens (tertiary/aromatic N) is 1. The fourth-order valence-electron chi connectivity index (χ4n) is 1.45. The lowest BCUT2D eigenvalue weighted by atomic mass is 9.98. The fraction of sp³-hybridized carbons (Fsp3) is 0.308. The van der Waals surface area contributed by atoms with E-state index in [2.05, 4.69) is 50.5 Å². The average molecular weight is 187 g/mol. The van der Waals surface area contributed by atoms with Gasteiger partial charge in [0.2, 0.25) is 0 Å². The molecule has 0 aliphatic rings. The van der Waals surface area contributed by atoms with E-state index in [1.165, 1.54) is 11.1 Å². The van der Waals surface area contributed by atoms with Crippen molar-refractivity contribution in [3.8, 4) is 0 Å². The smallest absolute Gasteiger partial charge is 0.0693 e. The lowest BCUT2D eigenvalue weighted by Gasteiger charge is -2.11. The van der Waals surface area contributed by atoms with Gasteiger partial charge in [-0.05, 0) is 24.0 Å². The Labute approximate surface area is 86.2 Å². The molecule has 1 heteroatoms. The maximum absolute atomic E-state index is 4.40. The highest BCUT2D eigenvalue weighted by Gasteiger charge is 2.06. The van der Waals surface area contributed by atoms with Crippen LogP contribution < -0.4 is 0 Å². The van der Waals surface area contributed by atoms with Gasteiger partial charge in [-0.2, -0.15) is 0 Å². The number of hydrogen-bond donors (Lipinski definition) is 0. The molecular weight excluding hydrogens is 170 g/mol. The molecule has 0 fully saturated rings. The van der Waals surface area contributed by atoms with Gasteiger partial charge < -0.3 is 0 Å². The maximum Gasteiger partial charge on any atom is 0.0693 e. The molecule has 0 radical (unpaired) electrons. The first-order valence-corrected chi connectivity index (χ1v) is 4.91. The van der Waals surface area contributed by atoms with E-state index in [0.717, 1.165) is 5.69 Å². The summed E-state index contributed by atoms with van der Waals surface area (Å²) in [5.74, 6) is 0.506. The lowest BCUT2D eigenvalue weighted by Crippen LogP contribution is -1.89. The Bertz CT molecular complexity index is 348. The maximum atomic E-state index is 4.40. The molecule has 0 unspecified atom stereocenters. The Balaban J connectivity index is 3.21. The normalized spacial score (nSPS) is 11.1. The molecule has 14 heavy (non-hydrogen) atoms. The van der Waals surface area contributed by atoms with Gasteiger partial charge >= 0.3 is 0 Å². The van der Waals surface area contributed by atoms with E-state index < -0.39 is 0 Å². The predicted octanol–water partition coefficient (Wildman–Crippen LogP) is 4.01. The van der Waals surface area contributed by atoms with E-state index in [0.29, 0.717) is 5.92 Å². The standard InChI is InChI=1S/C13H17N/c1-5-9-14-13-11(4)7-6-8-12(13)10(2)3/h5-10H,1H2,2-4H3. The van der Waals surface area contributed by atoms with Crippen molar-refractivity contribution in [1.29, 1.82) is 0 Å². The Morgan fingerprint density at radius 1 is 1.36 bits per heavy atom. The third kappa shape index (κ3) is 2.32. The molecule has 1 rings (SSSR count). The van der Waals surface area contributed by atoms with Crippen LogP contribution in [-0.4, -0.2) is 6.21 Å². The number of allylic oxidation sites excluding steroid dienone is 1. The number of hydrogen-bond acceptors (Lipinski definition) is 1. The van der Waals surface area contributed by atoms with Crippen LogP contribution in [0.3, 0.4) is 0 Å². The highest BCUT2D eigenvalue weighted by molar-refractivity contribution is 5.75. The zero-order valence-electron chi connectivity index (χ0n) is 9.12. The zero-order chi connectivity index (χ0) is 10.6. The molecule has 0 aliphatic carbocycles. The predicted molar refractivity (Wildman–Crippen MR) is 63.6 cm³/mol. The van der Waals surface area contributed by atoms with Crippen molar-refractivity contribution in [2.75, 3.05) is 0 Å². The molecule has 0 atom stereocenters. The van der Waals surface area contributed by atoms with E-state index in [-0.39, 0.29) is 0 Å². The summed E-state index contributed by atoms with van der Waals surface area (Å²) < 4.78 is 0. The van der Waals surface area contributed by atoms with Gasteiger partial charge in [-0.1, -0.05) is 44.7 Å². The number of benzene rings is 1. The van der Waals surface area contributed by atoms with Crippen molar-refractivity contribution < 1.29 is 0 Å². The van der Waals surface area contributed by atoms with Crippen molar-refractivity contribution in [1.82, 2.24) is 0 Å². The van der Waals surface area contributed by atoms with E-state index in [1.54, 1.807) is 12.3 Å². The van der Waals surface area contributed by atoms with Crippen molar-refractivity contribution in [2.24, 2.45) is 4.99 Å². The van der Waals surface area contributed by atoms with Crippen molar-refractivity contribution in [2.45, 2.75) is 26.7 Å².